The third-order valence-electron chi connectivity index (χ3n) is 2.55. The van der Waals surface area contributed by atoms with Crippen LogP contribution in [-0.4, -0.2) is 26.2 Å². The molecule has 2 aromatic rings. The number of pyridine rings is 1. The zero-order valence-electron chi connectivity index (χ0n) is 9.25. The van der Waals surface area contributed by atoms with E-state index in [2.05, 4.69) is 4.72 Å². The molecule has 0 radical (unpaired) electrons. The Morgan fingerprint density at radius 3 is 2.71 bits per heavy atom. The third-order valence-corrected chi connectivity index (χ3v) is 3.89. The van der Waals surface area contributed by atoms with Crippen molar-refractivity contribution in [1.82, 2.24) is 9.12 Å². The van der Waals surface area contributed by atoms with E-state index in [9.17, 15) is 13.2 Å². The van der Waals surface area contributed by atoms with Gasteiger partial charge < -0.3 is 4.40 Å². The molecule has 0 atom stereocenters. The van der Waals surface area contributed by atoms with Gasteiger partial charge in [-0.25, -0.2) is 13.1 Å². The van der Waals surface area contributed by atoms with Crippen LogP contribution in [0, 0.1) is 0 Å². The Labute approximate surface area is 99.1 Å². The van der Waals surface area contributed by atoms with Gasteiger partial charge >= 0.3 is 0 Å². The van der Waals surface area contributed by atoms with Crippen LogP contribution >= 0.6 is 0 Å². The fourth-order valence-electron chi connectivity index (χ4n) is 1.64. The molecule has 2 heterocycles. The van der Waals surface area contributed by atoms with Gasteiger partial charge in [0.15, 0.2) is 6.29 Å². The van der Waals surface area contributed by atoms with Crippen molar-refractivity contribution < 1.29 is 13.2 Å². The zero-order valence-corrected chi connectivity index (χ0v) is 10.1. The van der Waals surface area contributed by atoms with E-state index in [1.54, 1.807) is 35.0 Å². The van der Waals surface area contributed by atoms with Crippen LogP contribution in [0.15, 0.2) is 30.6 Å². The standard InChI is InChI=1S/C11H12N2O3S/c1-12-17(15,16)8-9-2-4-13-5-3-10(7-14)11(13)6-9/h2-7,12H,8H2,1H3. The van der Waals surface area contributed by atoms with Gasteiger partial charge in [0.05, 0.1) is 11.3 Å². The van der Waals surface area contributed by atoms with Crippen molar-refractivity contribution in [3.8, 4) is 0 Å². The molecule has 2 aromatic heterocycles. The first-order valence-corrected chi connectivity index (χ1v) is 6.67. The molecule has 0 saturated heterocycles. The van der Waals surface area contributed by atoms with Crippen LogP contribution in [-0.2, 0) is 15.8 Å². The molecular weight excluding hydrogens is 240 g/mol. The molecule has 0 saturated carbocycles. The molecule has 0 aliphatic heterocycles. The number of hydrogen-bond acceptors (Lipinski definition) is 3. The van der Waals surface area contributed by atoms with E-state index in [1.807, 2.05) is 0 Å². The van der Waals surface area contributed by atoms with Crippen LogP contribution in [0.3, 0.4) is 0 Å². The molecule has 6 heteroatoms. The second-order valence-electron chi connectivity index (χ2n) is 3.68. The average Bonchev–Trinajstić information content (AvgIpc) is 2.71. The maximum absolute atomic E-state index is 11.4. The number of rotatable bonds is 4. The molecule has 0 aliphatic carbocycles. The van der Waals surface area contributed by atoms with Gasteiger partial charge in [0, 0.05) is 18.0 Å². The summed E-state index contributed by atoms with van der Waals surface area (Å²) in [6, 6.07) is 5.12. The Balaban J connectivity index is 2.47. The maximum Gasteiger partial charge on any atom is 0.215 e. The number of fused-ring (bicyclic) bond motifs is 1. The molecule has 0 spiro atoms. The minimum absolute atomic E-state index is 0.0938. The smallest absolute Gasteiger partial charge is 0.215 e. The van der Waals surface area contributed by atoms with Gasteiger partial charge in [-0.05, 0) is 30.8 Å². The summed E-state index contributed by atoms with van der Waals surface area (Å²) in [6.45, 7) is 0. The van der Waals surface area contributed by atoms with Crippen LogP contribution in [0.4, 0.5) is 0 Å². The number of carbonyl (C=O) groups is 1. The lowest BCUT2D eigenvalue weighted by Gasteiger charge is -2.04. The molecule has 1 N–H and O–H groups in total. The first-order chi connectivity index (χ1) is 8.05. The number of sulfonamides is 1. The zero-order chi connectivity index (χ0) is 12.5. The van der Waals surface area contributed by atoms with Crippen LogP contribution in [0.1, 0.15) is 15.9 Å². The predicted octanol–water partition coefficient (Wildman–Crippen LogP) is 0.801. The van der Waals surface area contributed by atoms with Crippen LogP contribution < -0.4 is 4.72 Å². The summed E-state index contributed by atoms with van der Waals surface area (Å²) in [7, 11) is -1.91. The van der Waals surface area contributed by atoms with Crippen molar-refractivity contribution in [1.29, 1.82) is 0 Å². The Kier molecular flexibility index (Phi) is 2.99. The van der Waals surface area contributed by atoms with Gasteiger partial charge in [-0.1, -0.05) is 0 Å². The summed E-state index contributed by atoms with van der Waals surface area (Å²) in [4.78, 5) is 10.8. The van der Waals surface area contributed by atoms with Gasteiger partial charge in [-0.3, -0.25) is 4.79 Å². The molecule has 17 heavy (non-hydrogen) atoms. The average molecular weight is 252 g/mol. The summed E-state index contributed by atoms with van der Waals surface area (Å²) in [5.41, 5.74) is 1.91. The van der Waals surface area contributed by atoms with E-state index >= 15 is 0 Å². The number of hydrogen-bond donors (Lipinski definition) is 1. The molecule has 0 unspecified atom stereocenters. The van der Waals surface area contributed by atoms with Crippen molar-refractivity contribution in [2.45, 2.75) is 5.75 Å². The largest absolute Gasteiger partial charge is 0.323 e. The van der Waals surface area contributed by atoms with E-state index in [1.165, 1.54) is 7.05 Å². The van der Waals surface area contributed by atoms with Crippen LogP contribution in [0.2, 0.25) is 0 Å². The van der Waals surface area contributed by atoms with Crippen molar-refractivity contribution in [2.75, 3.05) is 7.05 Å². The first-order valence-electron chi connectivity index (χ1n) is 5.02. The quantitative estimate of drug-likeness (QED) is 0.818. The number of nitrogens with zero attached hydrogens (tertiary/aromatic N) is 1. The first kappa shape index (κ1) is 11.8. The normalized spacial score (nSPS) is 11.8. The Hall–Kier alpha value is -1.66. The SMILES string of the molecule is CNS(=O)(=O)Cc1ccn2ccc(C=O)c2c1. The molecule has 0 fully saturated rings. The molecule has 0 aliphatic rings. The highest BCUT2D eigenvalue weighted by molar-refractivity contribution is 7.88. The molecule has 0 aromatic carbocycles. The summed E-state index contributed by atoms with van der Waals surface area (Å²) >= 11 is 0. The van der Waals surface area contributed by atoms with E-state index < -0.39 is 10.0 Å². The minimum atomic E-state index is -3.29. The van der Waals surface area contributed by atoms with E-state index in [-0.39, 0.29) is 5.75 Å². The fourth-order valence-corrected chi connectivity index (χ4v) is 2.41. The highest BCUT2D eigenvalue weighted by Crippen LogP contribution is 2.14. The van der Waals surface area contributed by atoms with Gasteiger partial charge in [0.1, 0.15) is 0 Å². The van der Waals surface area contributed by atoms with Crippen molar-refractivity contribution in [3.63, 3.8) is 0 Å². The van der Waals surface area contributed by atoms with Gasteiger partial charge in [-0.2, -0.15) is 0 Å². The van der Waals surface area contributed by atoms with E-state index in [4.69, 9.17) is 0 Å². The molecule has 0 bridgehead atoms. The predicted molar refractivity (Wildman–Crippen MR) is 64.5 cm³/mol. The number of nitrogens with one attached hydrogen (secondary N) is 1. The molecule has 0 amide bonds. The maximum atomic E-state index is 11.4. The van der Waals surface area contributed by atoms with E-state index in [0.29, 0.717) is 16.6 Å². The lowest BCUT2D eigenvalue weighted by Crippen LogP contribution is -2.20. The molecular formula is C11H12N2O3S. The monoisotopic (exact) mass is 252 g/mol. The molecule has 5 nitrogen and oxygen atoms in total. The summed E-state index contributed by atoms with van der Waals surface area (Å²) in [5.74, 6) is -0.0938. The Morgan fingerprint density at radius 2 is 2.06 bits per heavy atom. The highest BCUT2D eigenvalue weighted by atomic mass is 32.2. The van der Waals surface area contributed by atoms with Crippen LogP contribution in [0.5, 0.6) is 0 Å². The summed E-state index contributed by atoms with van der Waals surface area (Å²) < 4.78 is 26.9. The van der Waals surface area contributed by atoms with Crippen molar-refractivity contribution >= 4 is 21.8 Å². The molecule has 2 rings (SSSR count). The number of aromatic nitrogens is 1. The number of aldehydes is 1. The Bertz CT molecular complexity index is 658. The van der Waals surface area contributed by atoms with Crippen molar-refractivity contribution in [3.05, 3.63) is 41.7 Å². The molecule has 90 valence electrons. The lowest BCUT2D eigenvalue weighted by atomic mass is 10.2. The topological polar surface area (TPSA) is 67.7 Å². The van der Waals surface area contributed by atoms with Crippen LogP contribution in [0.25, 0.3) is 5.52 Å². The van der Waals surface area contributed by atoms with Crippen molar-refractivity contribution in [2.24, 2.45) is 0 Å². The summed E-state index contributed by atoms with van der Waals surface area (Å²) in [6.07, 6.45) is 4.25. The second-order valence-corrected chi connectivity index (χ2v) is 5.61. The third kappa shape index (κ3) is 2.37. The summed E-state index contributed by atoms with van der Waals surface area (Å²) in [5, 5.41) is 0. The van der Waals surface area contributed by atoms with E-state index in [0.717, 1.165) is 6.29 Å². The lowest BCUT2D eigenvalue weighted by molar-refractivity contribution is 0.112. The van der Waals surface area contributed by atoms with Gasteiger partial charge in [0.25, 0.3) is 0 Å². The second kappa shape index (κ2) is 4.31. The Morgan fingerprint density at radius 1 is 1.35 bits per heavy atom. The van der Waals surface area contributed by atoms with Gasteiger partial charge in [-0.15, -0.1) is 0 Å². The highest BCUT2D eigenvalue weighted by Gasteiger charge is 2.10. The van der Waals surface area contributed by atoms with Gasteiger partial charge in [0.2, 0.25) is 10.0 Å². The minimum Gasteiger partial charge on any atom is -0.323 e. The fraction of sp³-hybridized carbons (Fsp3) is 0.182. The number of carbonyl (C=O) groups excluding carboxylic acids is 1.